The van der Waals surface area contributed by atoms with Crippen molar-refractivity contribution in [2.75, 3.05) is 26.2 Å². The van der Waals surface area contributed by atoms with E-state index in [4.69, 9.17) is 5.11 Å². The van der Waals surface area contributed by atoms with Gasteiger partial charge in [-0.15, -0.1) is 0 Å². The number of hydrogen-bond acceptors (Lipinski definition) is 3. The number of aliphatic hydroxyl groups is 1. The molecule has 0 aliphatic heterocycles. The molecule has 0 aliphatic rings. The van der Waals surface area contributed by atoms with E-state index in [2.05, 4.69) is 51.4 Å². The van der Waals surface area contributed by atoms with Crippen LogP contribution in [0.3, 0.4) is 0 Å². The maximum absolute atomic E-state index is 8.97. The standard InChI is InChI=1S/C13H28N2O/c1-11(2)15(7-8-16)10-12(3)9-14-13(4,5)6/h11,14,16H,3,7-10H2,1-2,4-6H3. The van der Waals surface area contributed by atoms with Gasteiger partial charge >= 0.3 is 0 Å². The summed E-state index contributed by atoms with van der Waals surface area (Å²) in [5.41, 5.74) is 1.29. The van der Waals surface area contributed by atoms with Crippen LogP contribution in [0.1, 0.15) is 34.6 Å². The Morgan fingerprint density at radius 1 is 1.38 bits per heavy atom. The van der Waals surface area contributed by atoms with Gasteiger partial charge in [-0.1, -0.05) is 6.58 Å². The van der Waals surface area contributed by atoms with Gasteiger partial charge in [-0.3, -0.25) is 4.90 Å². The maximum atomic E-state index is 8.97. The average Bonchev–Trinajstić information content (AvgIpc) is 2.13. The minimum atomic E-state index is 0.128. The lowest BCUT2D eigenvalue weighted by Gasteiger charge is -2.28. The zero-order valence-electron chi connectivity index (χ0n) is 11.5. The number of hydrogen-bond donors (Lipinski definition) is 2. The van der Waals surface area contributed by atoms with Gasteiger partial charge in [0.1, 0.15) is 0 Å². The van der Waals surface area contributed by atoms with E-state index in [1.54, 1.807) is 0 Å². The van der Waals surface area contributed by atoms with Crippen LogP contribution in [0.4, 0.5) is 0 Å². The molecular weight excluding hydrogens is 200 g/mol. The summed E-state index contributed by atoms with van der Waals surface area (Å²) in [7, 11) is 0. The number of rotatable bonds is 7. The van der Waals surface area contributed by atoms with E-state index in [0.717, 1.165) is 18.7 Å². The molecule has 0 heterocycles. The summed E-state index contributed by atoms with van der Waals surface area (Å²) in [6.45, 7) is 17.4. The quantitative estimate of drug-likeness (QED) is 0.650. The van der Waals surface area contributed by atoms with Crippen LogP contribution in [0.25, 0.3) is 0 Å². The molecule has 3 heteroatoms. The first-order valence-electron chi connectivity index (χ1n) is 6.03. The summed E-state index contributed by atoms with van der Waals surface area (Å²) in [6, 6.07) is 0.443. The molecule has 0 rings (SSSR count). The summed E-state index contributed by atoms with van der Waals surface area (Å²) < 4.78 is 0. The predicted octanol–water partition coefficient (Wildman–Crippen LogP) is 1.63. The lowest BCUT2D eigenvalue weighted by atomic mass is 10.1. The van der Waals surface area contributed by atoms with Crippen LogP contribution in [0.5, 0.6) is 0 Å². The van der Waals surface area contributed by atoms with Gasteiger partial charge in [0.25, 0.3) is 0 Å². The molecule has 16 heavy (non-hydrogen) atoms. The average molecular weight is 228 g/mol. The van der Waals surface area contributed by atoms with Crippen LogP contribution in [0, 0.1) is 0 Å². The van der Waals surface area contributed by atoms with Crippen LogP contribution in [0.2, 0.25) is 0 Å². The van der Waals surface area contributed by atoms with Crippen molar-refractivity contribution < 1.29 is 5.11 Å². The summed E-state index contributed by atoms with van der Waals surface area (Å²) in [6.07, 6.45) is 0. The summed E-state index contributed by atoms with van der Waals surface area (Å²) in [4.78, 5) is 2.23. The van der Waals surface area contributed by atoms with Crippen molar-refractivity contribution >= 4 is 0 Å². The number of nitrogens with one attached hydrogen (secondary N) is 1. The van der Waals surface area contributed by atoms with Crippen molar-refractivity contribution in [3.05, 3.63) is 12.2 Å². The van der Waals surface area contributed by atoms with E-state index < -0.39 is 0 Å². The molecule has 0 aromatic rings. The molecule has 3 nitrogen and oxygen atoms in total. The zero-order valence-corrected chi connectivity index (χ0v) is 11.5. The first kappa shape index (κ1) is 15.6. The Hall–Kier alpha value is -0.380. The smallest absolute Gasteiger partial charge is 0.0558 e. The van der Waals surface area contributed by atoms with Crippen molar-refractivity contribution in [1.29, 1.82) is 0 Å². The van der Waals surface area contributed by atoms with E-state index in [0.29, 0.717) is 12.6 Å². The van der Waals surface area contributed by atoms with E-state index in [1.165, 1.54) is 0 Å². The number of aliphatic hydroxyl groups excluding tert-OH is 1. The maximum Gasteiger partial charge on any atom is 0.0558 e. The first-order valence-corrected chi connectivity index (χ1v) is 6.03. The van der Waals surface area contributed by atoms with Crippen molar-refractivity contribution in [1.82, 2.24) is 10.2 Å². The van der Waals surface area contributed by atoms with Crippen molar-refractivity contribution in [3.63, 3.8) is 0 Å². The molecule has 0 bridgehead atoms. The topological polar surface area (TPSA) is 35.5 Å². The highest BCUT2D eigenvalue weighted by molar-refractivity contribution is 5.01. The zero-order chi connectivity index (χ0) is 12.8. The van der Waals surface area contributed by atoms with E-state index in [-0.39, 0.29) is 12.1 Å². The lowest BCUT2D eigenvalue weighted by Crippen LogP contribution is -2.40. The molecule has 0 spiro atoms. The van der Waals surface area contributed by atoms with Gasteiger partial charge in [-0.25, -0.2) is 0 Å². The minimum Gasteiger partial charge on any atom is -0.395 e. The SMILES string of the molecule is C=C(CNC(C)(C)C)CN(CCO)C(C)C. The van der Waals surface area contributed by atoms with Crippen LogP contribution in [-0.4, -0.2) is 47.8 Å². The molecule has 0 aliphatic carbocycles. The molecule has 0 saturated heterocycles. The molecule has 0 aromatic carbocycles. The van der Waals surface area contributed by atoms with E-state index >= 15 is 0 Å². The van der Waals surface area contributed by atoms with E-state index in [9.17, 15) is 0 Å². The Balaban J connectivity index is 4.00. The molecule has 0 unspecified atom stereocenters. The molecule has 0 fully saturated rings. The predicted molar refractivity (Wildman–Crippen MR) is 70.7 cm³/mol. The molecule has 0 radical (unpaired) electrons. The molecule has 96 valence electrons. The highest BCUT2D eigenvalue weighted by Crippen LogP contribution is 2.04. The first-order chi connectivity index (χ1) is 7.26. The second-order valence-corrected chi connectivity index (χ2v) is 5.64. The monoisotopic (exact) mass is 228 g/mol. The largest absolute Gasteiger partial charge is 0.395 e. The van der Waals surface area contributed by atoms with Gasteiger partial charge < -0.3 is 10.4 Å². The second-order valence-electron chi connectivity index (χ2n) is 5.64. The van der Waals surface area contributed by atoms with Gasteiger partial charge in [0.2, 0.25) is 0 Å². The molecule has 0 saturated carbocycles. The summed E-state index contributed by atoms with van der Waals surface area (Å²) in [5, 5.41) is 12.4. The van der Waals surface area contributed by atoms with Crippen LogP contribution < -0.4 is 5.32 Å². The normalized spacial score (nSPS) is 12.5. The van der Waals surface area contributed by atoms with Crippen LogP contribution in [0.15, 0.2) is 12.2 Å². The molecule has 0 amide bonds. The molecule has 0 atom stereocenters. The highest BCUT2D eigenvalue weighted by Gasteiger charge is 2.12. The van der Waals surface area contributed by atoms with Crippen molar-refractivity contribution in [2.24, 2.45) is 0 Å². The summed E-state index contributed by atoms with van der Waals surface area (Å²) >= 11 is 0. The van der Waals surface area contributed by atoms with E-state index in [1.807, 2.05) is 0 Å². The second kappa shape index (κ2) is 7.05. The third kappa shape index (κ3) is 7.85. The molecular formula is C13H28N2O. The minimum absolute atomic E-state index is 0.128. The fourth-order valence-corrected chi connectivity index (χ4v) is 1.38. The van der Waals surface area contributed by atoms with Gasteiger partial charge in [0.15, 0.2) is 0 Å². The Morgan fingerprint density at radius 3 is 2.31 bits per heavy atom. The van der Waals surface area contributed by atoms with Gasteiger partial charge in [-0.2, -0.15) is 0 Å². The highest BCUT2D eigenvalue weighted by atomic mass is 16.3. The van der Waals surface area contributed by atoms with Crippen LogP contribution >= 0.6 is 0 Å². The van der Waals surface area contributed by atoms with Gasteiger partial charge in [0.05, 0.1) is 6.61 Å². The third-order valence-corrected chi connectivity index (χ3v) is 2.41. The molecule has 2 N–H and O–H groups in total. The Kier molecular flexibility index (Phi) is 6.88. The number of nitrogens with zero attached hydrogens (tertiary/aromatic N) is 1. The van der Waals surface area contributed by atoms with Crippen LogP contribution in [-0.2, 0) is 0 Å². The Morgan fingerprint density at radius 2 is 1.94 bits per heavy atom. The lowest BCUT2D eigenvalue weighted by molar-refractivity contribution is 0.176. The fraction of sp³-hybridized carbons (Fsp3) is 0.846. The Bertz CT molecular complexity index is 206. The Labute approximate surface area is 101 Å². The molecule has 0 aromatic heterocycles. The van der Waals surface area contributed by atoms with Crippen molar-refractivity contribution in [2.45, 2.75) is 46.2 Å². The van der Waals surface area contributed by atoms with Gasteiger partial charge in [-0.05, 0) is 40.2 Å². The van der Waals surface area contributed by atoms with Gasteiger partial charge in [0, 0.05) is 31.2 Å². The third-order valence-electron chi connectivity index (χ3n) is 2.41. The summed E-state index contributed by atoms with van der Waals surface area (Å²) in [5.74, 6) is 0. The fourth-order valence-electron chi connectivity index (χ4n) is 1.38. The van der Waals surface area contributed by atoms with Crippen molar-refractivity contribution in [3.8, 4) is 0 Å².